The molecule has 1 nitrogen and oxygen atoms in total. The van der Waals surface area contributed by atoms with Crippen LogP contribution in [0.2, 0.25) is 0 Å². The predicted molar refractivity (Wildman–Crippen MR) is 68.3 cm³/mol. The van der Waals surface area contributed by atoms with E-state index in [2.05, 4.69) is 25.2 Å². The highest BCUT2D eigenvalue weighted by Gasteiger charge is 2.32. The van der Waals surface area contributed by atoms with Gasteiger partial charge in [-0.25, -0.2) is 4.39 Å². The molecule has 1 aliphatic rings. The molecule has 0 saturated carbocycles. The second-order valence-electron chi connectivity index (χ2n) is 4.99. The zero-order valence-electron chi connectivity index (χ0n) is 9.92. The molecule has 0 atom stereocenters. The van der Waals surface area contributed by atoms with Crippen molar-refractivity contribution in [1.29, 1.82) is 0 Å². The molecule has 1 heterocycles. The van der Waals surface area contributed by atoms with Gasteiger partial charge in [0.25, 0.3) is 0 Å². The molecule has 86 valence electrons. The number of rotatable bonds is 0. The summed E-state index contributed by atoms with van der Waals surface area (Å²) in [5, 5.41) is 3.30. The van der Waals surface area contributed by atoms with Gasteiger partial charge in [-0.05, 0) is 29.3 Å². The Morgan fingerprint density at radius 3 is 2.47 bits per heavy atom. The third-order valence-corrected chi connectivity index (χ3v) is 3.52. The molecule has 0 aliphatic carbocycles. The first-order chi connectivity index (χ1) is 8.09. The molecular weight excluding hydrogens is 213 g/mol. The Balaban J connectivity index is 2.26. The van der Waals surface area contributed by atoms with Crippen molar-refractivity contribution >= 4 is 11.4 Å². The highest BCUT2D eigenvalue weighted by Crippen LogP contribution is 2.44. The largest absolute Gasteiger partial charge is 0.355 e. The molecule has 1 N–H and O–H groups in total. The van der Waals surface area contributed by atoms with Gasteiger partial charge in [-0.15, -0.1) is 0 Å². The number of benzene rings is 2. The fourth-order valence-electron chi connectivity index (χ4n) is 2.59. The van der Waals surface area contributed by atoms with Gasteiger partial charge in [-0.1, -0.05) is 38.1 Å². The molecule has 0 unspecified atom stereocenters. The van der Waals surface area contributed by atoms with Crippen LogP contribution in [0.3, 0.4) is 0 Å². The standard InChI is InChI=1S/C15H14FN/c1-15(2)11-5-3-4-6-13(11)17-14-9-10(16)7-8-12(14)15/h3-9,17H,1-2H3. The fraction of sp³-hybridized carbons (Fsp3) is 0.200. The molecule has 3 rings (SSSR count). The van der Waals surface area contributed by atoms with Crippen molar-refractivity contribution in [2.75, 3.05) is 5.32 Å². The topological polar surface area (TPSA) is 12.0 Å². The highest BCUT2D eigenvalue weighted by atomic mass is 19.1. The minimum absolute atomic E-state index is 0.0924. The number of hydrogen-bond donors (Lipinski definition) is 1. The van der Waals surface area contributed by atoms with E-state index in [1.54, 1.807) is 6.07 Å². The second-order valence-corrected chi connectivity index (χ2v) is 4.99. The lowest BCUT2D eigenvalue weighted by atomic mass is 9.74. The summed E-state index contributed by atoms with van der Waals surface area (Å²) < 4.78 is 13.3. The average Bonchev–Trinajstić information content (AvgIpc) is 2.28. The molecule has 0 spiro atoms. The number of para-hydroxylation sites is 1. The molecule has 2 aromatic rings. The minimum atomic E-state index is -0.202. The molecule has 0 radical (unpaired) electrons. The second kappa shape index (κ2) is 3.33. The zero-order valence-corrected chi connectivity index (χ0v) is 9.92. The van der Waals surface area contributed by atoms with Crippen molar-refractivity contribution in [2.24, 2.45) is 0 Å². The summed E-state index contributed by atoms with van der Waals surface area (Å²) in [5.41, 5.74) is 4.23. The van der Waals surface area contributed by atoms with Crippen LogP contribution in [0.5, 0.6) is 0 Å². The van der Waals surface area contributed by atoms with Crippen molar-refractivity contribution < 1.29 is 4.39 Å². The quantitative estimate of drug-likeness (QED) is 0.711. The van der Waals surface area contributed by atoms with Crippen LogP contribution in [0, 0.1) is 5.82 Å². The normalized spacial score (nSPS) is 15.7. The molecular formula is C15H14FN. The Bertz CT molecular complexity index is 587. The number of nitrogens with one attached hydrogen (secondary N) is 1. The Morgan fingerprint density at radius 1 is 0.941 bits per heavy atom. The van der Waals surface area contributed by atoms with Crippen LogP contribution >= 0.6 is 0 Å². The van der Waals surface area contributed by atoms with Crippen LogP contribution in [-0.2, 0) is 5.41 Å². The van der Waals surface area contributed by atoms with Crippen LogP contribution < -0.4 is 5.32 Å². The summed E-state index contributed by atoms with van der Waals surface area (Å²) in [6, 6.07) is 13.1. The van der Waals surface area contributed by atoms with Crippen molar-refractivity contribution in [1.82, 2.24) is 0 Å². The lowest BCUT2D eigenvalue weighted by Crippen LogP contribution is -2.25. The van der Waals surface area contributed by atoms with Crippen molar-refractivity contribution in [3.05, 3.63) is 59.4 Å². The average molecular weight is 227 g/mol. The third kappa shape index (κ3) is 1.44. The van der Waals surface area contributed by atoms with Gasteiger partial charge in [0.05, 0.1) is 0 Å². The van der Waals surface area contributed by atoms with E-state index in [-0.39, 0.29) is 11.2 Å². The van der Waals surface area contributed by atoms with E-state index >= 15 is 0 Å². The smallest absolute Gasteiger partial charge is 0.125 e. The van der Waals surface area contributed by atoms with Gasteiger partial charge in [0.1, 0.15) is 5.82 Å². The highest BCUT2D eigenvalue weighted by molar-refractivity contribution is 5.75. The predicted octanol–water partition coefficient (Wildman–Crippen LogP) is 4.21. The van der Waals surface area contributed by atoms with Gasteiger partial charge in [0, 0.05) is 16.8 Å². The first kappa shape index (κ1) is 10.3. The van der Waals surface area contributed by atoms with Crippen LogP contribution in [0.15, 0.2) is 42.5 Å². The van der Waals surface area contributed by atoms with Crippen molar-refractivity contribution in [3.63, 3.8) is 0 Å². The number of halogens is 1. The van der Waals surface area contributed by atoms with E-state index in [1.807, 2.05) is 24.3 Å². The van der Waals surface area contributed by atoms with E-state index in [0.717, 1.165) is 16.9 Å². The Labute approximate surface area is 100 Å². The van der Waals surface area contributed by atoms with Crippen LogP contribution in [0.4, 0.5) is 15.8 Å². The van der Waals surface area contributed by atoms with Gasteiger partial charge in [-0.2, -0.15) is 0 Å². The number of hydrogen-bond acceptors (Lipinski definition) is 1. The lowest BCUT2D eigenvalue weighted by Gasteiger charge is -2.35. The Kier molecular flexibility index (Phi) is 2.02. The van der Waals surface area contributed by atoms with Crippen LogP contribution in [-0.4, -0.2) is 0 Å². The molecule has 0 amide bonds. The maximum atomic E-state index is 13.3. The van der Waals surface area contributed by atoms with Gasteiger partial charge in [0.2, 0.25) is 0 Å². The summed E-state index contributed by atoms with van der Waals surface area (Å²) in [6.07, 6.45) is 0. The van der Waals surface area contributed by atoms with Crippen molar-refractivity contribution in [3.8, 4) is 0 Å². The molecule has 0 fully saturated rings. The zero-order chi connectivity index (χ0) is 12.0. The first-order valence-electron chi connectivity index (χ1n) is 5.75. The summed E-state index contributed by atoms with van der Waals surface area (Å²) in [6.45, 7) is 4.34. The molecule has 2 aromatic carbocycles. The maximum Gasteiger partial charge on any atom is 0.125 e. The first-order valence-corrected chi connectivity index (χ1v) is 5.75. The molecule has 2 heteroatoms. The van der Waals surface area contributed by atoms with Gasteiger partial charge in [-0.3, -0.25) is 0 Å². The SMILES string of the molecule is CC1(C)c2ccccc2Nc2cc(F)ccc21. The maximum absolute atomic E-state index is 13.3. The van der Waals surface area contributed by atoms with Crippen molar-refractivity contribution in [2.45, 2.75) is 19.3 Å². The van der Waals surface area contributed by atoms with E-state index in [0.29, 0.717) is 0 Å². The van der Waals surface area contributed by atoms with Crippen LogP contribution in [0.25, 0.3) is 0 Å². The molecule has 17 heavy (non-hydrogen) atoms. The summed E-state index contributed by atoms with van der Waals surface area (Å²) in [7, 11) is 0. The molecule has 0 saturated heterocycles. The monoisotopic (exact) mass is 227 g/mol. The van der Waals surface area contributed by atoms with Gasteiger partial charge >= 0.3 is 0 Å². The van der Waals surface area contributed by atoms with E-state index in [1.165, 1.54) is 11.6 Å². The molecule has 1 aliphatic heterocycles. The summed E-state index contributed by atoms with van der Waals surface area (Å²) in [4.78, 5) is 0. The number of anilines is 2. The number of fused-ring (bicyclic) bond motifs is 2. The fourth-order valence-corrected chi connectivity index (χ4v) is 2.59. The van der Waals surface area contributed by atoms with E-state index < -0.39 is 0 Å². The lowest BCUT2D eigenvalue weighted by molar-refractivity contribution is 0.613. The minimum Gasteiger partial charge on any atom is -0.355 e. The van der Waals surface area contributed by atoms with E-state index in [9.17, 15) is 4.39 Å². The molecule has 0 aromatic heterocycles. The Morgan fingerprint density at radius 2 is 1.65 bits per heavy atom. The summed E-state index contributed by atoms with van der Waals surface area (Å²) in [5.74, 6) is -0.202. The summed E-state index contributed by atoms with van der Waals surface area (Å²) >= 11 is 0. The van der Waals surface area contributed by atoms with E-state index in [4.69, 9.17) is 0 Å². The third-order valence-electron chi connectivity index (χ3n) is 3.52. The Hall–Kier alpha value is -1.83. The molecule has 0 bridgehead atoms. The van der Waals surface area contributed by atoms with Gasteiger partial charge in [0.15, 0.2) is 0 Å². The van der Waals surface area contributed by atoms with Gasteiger partial charge < -0.3 is 5.32 Å². The van der Waals surface area contributed by atoms with Crippen LogP contribution in [0.1, 0.15) is 25.0 Å².